The van der Waals surface area contributed by atoms with Crippen molar-refractivity contribution in [3.05, 3.63) is 0 Å². The maximum atomic E-state index is 10.1. The third kappa shape index (κ3) is 10.0. The average molecular weight is 181 g/mol. The Bertz CT molecular complexity index is 110. The molecular formula is C6H15NO3S. The number of nitrogens with one attached hydrogen (secondary N) is 1. The largest absolute Gasteiger partial charge is 0.380 e. The van der Waals surface area contributed by atoms with Gasteiger partial charge in [-0.1, -0.05) is 6.92 Å². The topological polar surface area (TPSA) is 58.6 Å². The Labute approximate surface area is 69.6 Å². The highest BCUT2D eigenvalue weighted by atomic mass is 32.2. The molecule has 0 bridgehead atoms. The molecule has 0 amide bonds. The van der Waals surface area contributed by atoms with Crippen molar-refractivity contribution < 1.29 is 13.5 Å². The van der Waals surface area contributed by atoms with Crippen LogP contribution in [0.3, 0.4) is 0 Å². The standard InChI is InChI=1S/C6H15NO3S/c1-2-4-10-5-3-7-6-11(8)9/h7H,2-6H2,1H3,(H,8,9). The predicted octanol–water partition coefficient (Wildman–Crippen LogP) is 0.182. The van der Waals surface area contributed by atoms with Crippen LogP contribution in [0, 0.1) is 0 Å². The molecule has 0 saturated carbocycles. The second-order valence-corrected chi connectivity index (χ2v) is 3.01. The van der Waals surface area contributed by atoms with Crippen molar-refractivity contribution in [3.63, 3.8) is 0 Å². The fraction of sp³-hybridized carbons (Fsp3) is 1.00. The van der Waals surface area contributed by atoms with Gasteiger partial charge in [-0.2, -0.15) is 0 Å². The van der Waals surface area contributed by atoms with Crippen molar-refractivity contribution in [2.24, 2.45) is 0 Å². The van der Waals surface area contributed by atoms with E-state index in [2.05, 4.69) is 5.32 Å². The van der Waals surface area contributed by atoms with Crippen LogP contribution < -0.4 is 5.32 Å². The first-order chi connectivity index (χ1) is 5.27. The van der Waals surface area contributed by atoms with Crippen LogP contribution in [-0.2, 0) is 15.8 Å². The van der Waals surface area contributed by atoms with E-state index >= 15 is 0 Å². The minimum atomic E-state index is -1.74. The van der Waals surface area contributed by atoms with Crippen molar-refractivity contribution in [3.8, 4) is 0 Å². The summed E-state index contributed by atoms with van der Waals surface area (Å²) in [5, 5.41) is 2.77. The zero-order valence-electron chi connectivity index (χ0n) is 6.71. The summed E-state index contributed by atoms with van der Waals surface area (Å²) in [4.78, 5) is 0. The fourth-order valence-corrected chi connectivity index (χ4v) is 0.869. The third-order valence-electron chi connectivity index (χ3n) is 0.997. The first kappa shape index (κ1) is 11.0. The molecule has 68 valence electrons. The molecule has 0 aliphatic heterocycles. The van der Waals surface area contributed by atoms with Crippen molar-refractivity contribution in [2.45, 2.75) is 13.3 Å². The van der Waals surface area contributed by atoms with Gasteiger partial charge in [-0.15, -0.1) is 0 Å². The van der Waals surface area contributed by atoms with Gasteiger partial charge in [-0.25, -0.2) is 4.21 Å². The van der Waals surface area contributed by atoms with E-state index in [1.165, 1.54) is 0 Å². The summed E-state index contributed by atoms with van der Waals surface area (Å²) in [6.45, 7) is 4.03. The van der Waals surface area contributed by atoms with Crippen LogP contribution in [0.5, 0.6) is 0 Å². The van der Waals surface area contributed by atoms with Gasteiger partial charge in [0.2, 0.25) is 0 Å². The Balaban J connectivity index is 2.85. The molecule has 0 spiro atoms. The molecule has 0 aliphatic carbocycles. The van der Waals surface area contributed by atoms with E-state index in [1.54, 1.807) is 0 Å². The number of hydrogen-bond acceptors (Lipinski definition) is 3. The Morgan fingerprint density at radius 3 is 2.82 bits per heavy atom. The van der Waals surface area contributed by atoms with Crippen LogP contribution in [-0.4, -0.2) is 34.4 Å². The number of rotatable bonds is 7. The van der Waals surface area contributed by atoms with Gasteiger partial charge in [0.15, 0.2) is 11.1 Å². The molecule has 0 saturated heterocycles. The quantitative estimate of drug-likeness (QED) is 0.434. The summed E-state index contributed by atoms with van der Waals surface area (Å²) in [5.41, 5.74) is 0. The predicted molar refractivity (Wildman–Crippen MR) is 44.8 cm³/mol. The molecule has 1 unspecified atom stereocenters. The maximum absolute atomic E-state index is 10.1. The zero-order chi connectivity index (χ0) is 8.53. The number of hydrogen-bond donors (Lipinski definition) is 2. The summed E-state index contributed by atoms with van der Waals surface area (Å²) in [7, 11) is 0. The van der Waals surface area contributed by atoms with E-state index in [0.29, 0.717) is 13.2 Å². The molecule has 0 radical (unpaired) electrons. The fourth-order valence-electron chi connectivity index (χ4n) is 0.550. The molecule has 4 nitrogen and oxygen atoms in total. The maximum Gasteiger partial charge on any atom is 0.167 e. The molecule has 0 heterocycles. The third-order valence-corrected chi connectivity index (χ3v) is 1.45. The molecule has 11 heavy (non-hydrogen) atoms. The van der Waals surface area contributed by atoms with E-state index in [-0.39, 0.29) is 5.88 Å². The van der Waals surface area contributed by atoms with Crippen LogP contribution in [0.1, 0.15) is 13.3 Å². The van der Waals surface area contributed by atoms with E-state index in [1.807, 2.05) is 6.92 Å². The van der Waals surface area contributed by atoms with Crippen LogP contribution in [0.2, 0.25) is 0 Å². The molecule has 0 aliphatic rings. The van der Waals surface area contributed by atoms with Gasteiger partial charge in [-0.05, 0) is 6.42 Å². The van der Waals surface area contributed by atoms with Gasteiger partial charge >= 0.3 is 0 Å². The number of ether oxygens (including phenoxy) is 1. The monoisotopic (exact) mass is 181 g/mol. The zero-order valence-corrected chi connectivity index (χ0v) is 7.52. The summed E-state index contributed by atoms with van der Waals surface area (Å²) < 4.78 is 23.5. The Hall–Kier alpha value is 0.0300. The van der Waals surface area contributed by atoms with Crippen LogP contribution in [0.15, 0.2) is 0 Å². The van der Waals surface area contributed by atoms with E-state index in [0.717, 1.165) is 13.0 Å². The van der Waals surface area contributed by atoms with Crippen LogP contribution in [0.25, 0.3) is 0 Å². The van der Waals surface area contributed by atoms with Crippen LogP contribution in [0.4, 0.5) is 0 Å². The van der Waals surface area contributed by atoms with Gasteiger partial charge in [0.1, 0.15) is 0 Å². The summed E-state index contributed by atoms with van der Waals surface area (Å²) in [5.74, 6) is 0.121. The van der Waals surface area contributed by atoms with Gasteiger partial charge < -0.3 is 14.6 Å². The van der Waals surface area contributed by atoms with Gasteiger partial charge in [0, 0.05) is 13.2 Å². The lowest BCUT2D eigenvalue weighted by Crippen LogP contribution is -2.23. The Morgan fingerprint density at radius 2 is 2.27 bits per heavy atom. The molecule has 0 aromatic heterocycles. The molecule has 0 fully saturated rings. The minimum absolute atomic E-state index is 0.121. The van der Waals surface area contributed by atoms with Crippen molar-refractivity contribution in [2.75, 3.05) is 25.6 Å². The average Bonchev–Trinajstić information content (AvgIpc) is 1.96. The smallest absolute Gasteiger partial charge is 0.167 e. The Morgan fingerprint density at radius 1 is 1.55 bits per heavy atom. The summed E-state index contributed by atoms with van der Waals surface area (Å²) >= 11 is -1.74. The highest BCUT2D eigenvalue weighted by Crippen LogP contribution is 1.78. The SMILES string of the molecule is CCCOCCNCS(=O)O. The van der Waals surface area contributed by atoms with E-state index in [4.69, 9.17) is 9.29 Å². The lowest BCUT2D eigenvalue weighted by Gasteiger charge is -2.02. The van der Waals surface area contributed by atoms with Gasteiger partial charge in [0.25, 0.3) is 0 Å². The second kappa shape index (κ2) is 8.13. The normalized spacial score (nSPS) is 13.3. The van der Waals surface area contributed by atoms with Crippen molar-refractivity contribution in [1.29, 1.82) is 0 Å². The van der Waals surface area contributed by atoms with E-state index in [9.17, 15) is 4.21 Å². The summed E-state index contributed by atoms with van der Waals surface area (Å²) in [6, 6.07) is 0. The molecule has 0 aromatic carbocycles. The van der Waals surface area contributed by atoms with Crippen molar-refractivity contribution in [1.82, 2.24) is 5.32 Å². The summed E-state index contributed by atoms with van der Waals surface area (Å²) in [6.07, 6.45) is 1.01. The Kier molecular flexibility index (Phi) is 8.15. The molecule has 2 N–H and O–H groups in total. The molecule has 5 heteroatoms. The highest BCUT2D eigenvalue weighted by molar-refractivity contribution is 7.79. The van der Waals surface area contributed by atoms with E-state index < -0.39 is 11.1 Å². The minimum Gasteiger partial charge on any atom is -0.380 e. The highest BCUT2D eigenvalue weighted by Gasteiger charge is 1.90. The lowest BCUT2D eigenvalue weighted by molar-refractivity contribution is 0.137. The molecular weight excluding hydrogens is 166 g/mol. The van der Waals surface area contributed by atoms with Crippen LogP contribution >= 0.6 is 0 Å². The van der Waals surface area contributed by atoms with Gasteiger partial charge in [0.05, 0.1) is 12.5 Å². The molecule has 0 rings (SSSR count). The second-order valence-electron chi connectivity index (χ2n) is 2.08. The first-order valence-electron chi connectivity index (χ1n) is 3.63. The van der Waals surface area contributed by atoms with Crippen molar-refractivity contribution >= 4 is 11.1 Å². The first-order valence-corrected chi connectivity index (χ1v) is 4.91. The van der Waals surface area contributed by atoms with Gasteiger partial charge in [-0.3, -0.25) is 0 Å². The molecule has 1 atom stereocenters. The lowest BCUT2D eigenvalue weighted by atomic mass is 10.5. The molecule has 0 aromatic rings.